The molecule has 0 aliphatic rings. The molecule has 2 N–H and O–H groups in total. The molecule has 0 radical (unpaired) electrons. The lowest BCUT2D eigenvalue weighted by Gasteiger charge is -2.36. The number of ether oxygens (including phenoxy) is 1. The number of aromatic nitrogens is 1. The minimum absolute atomic E-state index is 0.0000322. The summed E-state index contributed by atoms with van der Waals surface area (Å²) in [6.07, 6.45) is -1.16. The van der Waals surface area contributed by atoms with Crippen LogP contribution in [0.2, 0.25) is 23.2 Å². The van der Waals surface area contributed by atoms with E-state index in [1.807, 2.05) is 33.9 Å². The van der Waals surface area contributed by atoms with Crippen molar-refractivity contribution in [3.63, 3.8) is 0 Å². The lowest BCUT2D eigenvalue weighted by Crippen LogP contribution is -2.40. The van der Waals surface area contributed by atoms with Crippen LogP contribution < -0.4 is 10.0 Å². The Balaban J connectivity index is 1.73. The second kappa shape index (κ2) is 11.8. The molecule has 0 atom stereocenters. The van der Waals surface area contributed by atoms with Crippen molar-refractivity contribution >= 4 is 58.9 Å². The fraction of sp³-hybridized carbons (Fsp3) is 0.333. The van der Waals surface area contributed by atoms with E-state index in [1.54, 1.807) is 0 Å². The van der Waals surface area contributed by atoms with Crippen LogP contribution in [0.5, 0.6) is 0 Å². The van der Waals surface area contributed by atoms with Gasteiger partial charge in [-0.15, -0.1) is 11.3 Å². The first-order valence-corrected chi connectivity index (χ1v) is 17.2. The molecule has 0 saturated heterocycles. The zero-order chi connectivity index (χ0) is 29.2. The Morgan fingerprint density at radius 1 is 1.08 bits per heavy atom. The van der Waals surface area contributed by atoms with Crippen LogP contribution in [0.25, 0.3) is 0 Å². The van der Waals surface area contributed by atoms with Crippen molar-refractivity contribution in [3.8, 4) is 0 Å². The summed E-state index contributed by atoms with van der Waals surface area (Å²) in [4.78, 5) is 15.4. The van der Waals surface area contributed by atoms with Gasteiger partial charge < -0.3 is 9.16 Å². The molecule has 0 unspecified atom stereocenters. The van der Waals surface area contributed by atoms with Gasteiger partial charge in [-0.2, -0.15) is 0 Å². The second-order valence-electron chi connectivity index (χ2n) is 9.98. The number of carbonyl (C=O) groups excluding carboxylic acids is 1. The van der Waals surface area contributed by atoms with Gasteiger partial charge in [0.15, 0.2) is 14.1 Å². The fourth-order valence-electron chi connectivity index (χ4n) is 2.99. The predicted molar refractivity (Wildman–Crippen MR) is 146 cm³/mol. The third-order valence-corrected chi connectivity index (χ3v) is 13.0. The number of anilines is 2. The first-order valence-electron chi connectivity index (χ1n) is 11.5. The van der Waals surface area contributed by atoms with Gasteiger partial charge in [0.2, 0.25) is 0 Å². The topological polar surface area (TPSA) is 107 Å². The molecule has 1 heterocycles. The number of hydrogen-bond donors (Lipinski definition) is 2. The Kier molecular flexibility index (Phi) is 9.38. The number of thiazole rings is 1. The summed E-state index contributed by atoms with van der Waals surface area (Å²) in [7, 11) is -6.67. The van der Waals surface area contributed by atoms with Crippen molar-refractivity contribution in [1.82, 2.24) is 4.98 Å². The molecular weight excluding hydrogens is 595 g/mol. The maximum absolute atomic E-state index is 14.7. The maximum Gasteiger partial charge on any atom is 0.412 e. The monoisotopic (exact) mass is 621 g/mol. The molecule has 0 spiro atoms. The quantitative estimate of drug-likeness (QED) is 0.243. The number of carbonyl (C=O) groups is 1. The number of benzene rings is 2. The average molecular weight is 622 g/mol. The van der Waals surface area contributed by atoms with Crippen molar-refractivity contribution in [3.05, 3.63) is 68.8 Å². The van der Waals surface area contributed by atoms with Crippen LogP contribution in [-0.2, 0) is 32.4 Å². The van der Waals surface area contributed by atoms with Crippen LogP contribution in [0.1, 0.15) is 31.9 Å². The molecule has 212 valence electrons. The van der Waals surface area contributed by atoms with Crippen LogP contribution in [-0.4, -0.2) is 27.8 Å². The standard InChI is InChI=1S/C24H27ClF3N3O5S2Si/c1-24(2,3)39(4,5)36-11-15-14(17(26)6-7-18(15)27)10-35-23(32)30-20-9-19(28)21(8-16(20)25)38(33,34)31-22-12-37-13-29-22/h6-9,12-13,31H,10-11H2,1-5H3,(H,30,32). The molecule has 0 bridgehead atoms. The summed E-state index contributed by atoms with van der Waals surface area (Å²) in [5.74, 6) is -2.73. The number of nitrogens with zero attached hydrogens (tertiary/aromatic N) is 1. The van der Waals surface area contributed by atoms with Crippen molar-refractivity contribution in [2.75, 3.05) is 10.0 Å². The highest BCUT2D eigenvalue weighted by molar-refractivity contribution is 7.92. The smallest absolute Gasteiger partial charge is 0.412 e. The Labute approximate surface area is 234 Å². The number of halogens is 4. The van der Waals surface area contributed by atoms with Crippen molar-refractivity contribution < 1.29 is 35.5 Å². The summed E-state index contributed by atoms with van der Waals surface area (Å²) in [5, 5.41) is 3.10. The van der Waals surface area contributed by atoms with Gasteiger partial charge in [-0.25, -0.2) is 31.4 Å². The summed E-state index contributed by atoms with van der Waals surface area (Å²) < 4.78 is 82.1. The highest BCUT2D eigenvalue weighted by atomic mass is 35.5. The van der Waals surface area contributed by atoms with E-state index >= 15 is 0 Å². The van der Waals surface area contributed by atoms with Gasteiger partial charge in [0, 0.05) is 22.6 Å². The maximum atomic E-state index is 14.7. The van der Waals surface area contributed by atoms with E-state index in [-0.39, 0.29) is 39.3 Å². The first kappa shape index (κ1) is 30.9. The Morgan fingerprint density at radius 3 is 2.26 bits per heavy atom. The molecule has 0 fully saturated rings. The number of amides is 1. The minimum Gasteiger partial charge on any atom is -0.444 e. The van der Waals surface area contributed by atoms with E-state index in [9.17, 15) is 26.4 Å². The lowest BCUT2D eigenvalue weighted by molar-refractivity contribution is 0.152. The van der Waals surface area contributed by atoms with Crippen molar-refractivity contribution in [1.29, 1.82) is 0 Å². The molecule has 8 nitrogen and oxygen atoms in total. The molecule has 15 heteroatoms. The predicted octanol–water partition coefficient (Wildman–Crippen LogP) is 7.29. The molecule has 0 aliphatic heterocycles. The summed E-state index contributed by atoms with van der Waals surface area (Å²) in [5.41, 5.74) is 0.794. The van der Waals surface area contributed by atoms with E-state index < -0.39 is 53.4 Å². The van der Waals surface area contributed by atoms with Crippen LogP contribution >= 0.6 is 22.9 Å². The first-order chi connectivity index (χ1) is 18.0. The van der Waals surface area contributed by atoms with Gasteiger partial charge in [-0.05, 0) is 36.3 Å². The molecule has 3 rings (SSSR count). The molecule has 2 aromatic carbocycles. The molecular formula is C24H27ClF3N3O5S2Si. The highest BCUT2D eigenvalue weighted by Gasteiger charge is 2.37. The summed E-state index contributed by atoms with van der Waals surface area (Å²) in [6.45, 7) is 9.05. The molecule has 0 aliphatic carbocycles. The van der Waals surface area contributed by atoms with Gasteiger partial charge in [-0.3, -0.25) is 10.0 Å². The van der Waals surface area contributed by atoms with Crippen LogP contribution in [0.3, 0.4) is 0 Å². The van der Waals surface area contributed by atoms with Gasteiger partial charge >= 0.3 is 6.09 Å². The van der Waals surface area contributed by atoms with Crippen LogP contribution in [0.4, 0.5) is 29.5 Å². The number of sulfonamides is 1. The SMILES string of the molecule is CC(C)(C)[Si](C)(C)OCc1c(F)ccc(F)c1COC(=O)Nc1cc(F)c(S(=O)(=O)Nc2cscn2)cc1Cl. The minimum atomic E-state index is -4.36. The Bertz CT molecular complexity index is 1470. The number of nitrogens with one attached hydrogen (secondary N) is 2. The van der Waals surface area contributed by atoms with E-state index in [1.165, 1.54) is 10.9 Å². The van der Waals surface area contributed by atoms with E-state index in [0.29, 0.717) is 6.07 Å². The van der Waals surface area contributed by atoms with Crippen LogP contribution in [0, 0.1) is 17.5 Å². The van der Waals surface area contributed by atoms with Gasteiger partial charge in [0.25, 0.3) is 10.0 Å². The zero-order valence-electron chi connectivity index (χ0n) is 21.7. The summed E-state index contributed by atoms with van der Waals surface area (Å²) in [6, 6.07) is 3.38. The second-order valence-corrected chi connectivity index (χ2v) is 17.6. The van der Waals surface area contributed by atoms with Gasteiger partial charge in [-0.1, -0.05) is 32.4 Å². The van der Waals surface area contributed by atoms with Gasteiger partial charge in [0.1, 0.15) is 29.0 Å². The number of rotatable bonds is 9. The molecule has 0 saturated carbocycles. The van der Waals surface area contributed by atoms with E-state index in [0.717, 1.165) is 29.5 Å². The van der Waals surface area contributed by atoms with Gasteiger partial charge in [0.05, 0.1) is 22.8 Å². The fourth-order valence-corrected chi connectivity index (χ4v) is 5.84. The number of hydrogen-bond acceptors (Lipinski definition) is 7. The summed E-state index contributed by atoms with van der Waals surface area (Å²) >= 11 is 7.21. The normalized spacial score (nSPS) is 12.3. The Hall–Kier alpha value is -2.65. The van der Waals surface area contributed by atoms with E-state index in [4.69, 9.17) is 20.8 Å². The highest BCUT2D eigenvalue weighted by Crippen LogP contribution is 2.37. The van der Waals surface area contributed by atoms with Crippen molar-refractivity contribution in [2.24, 2.45) is 0 Å². The largest absolute Gasteiger partial charge is 0.444 e. The third kappa shape index (κ3) is 7.51. The van der Waals surface area contributed by atoms with Crippen molar-refractivity contribution in [2.45, 2.75) is 57.0 Å². The lowest BCUT2D eigenvalue weighted by atomic mass is 10.1. The molecule has 1 amide bonds. The molecule has 1 aromatic heterocycles. The third-order valence-electron chi connectivity index (χ3n) is 6.27. The zero-order valence-corrected chi connectivity index (χ0v) is 25.1. The Morgan fingerprint density at radius 2 is 1.69 bits per heavy atom. The molecule has 3 aromatic rings. The molecule has 39 heavy (non-hydrogen) atoms. The van der Waals surface area contributed by atoms with E-state index in [2.05, 4.69) is 15.0 Å². The average Bonchev–Trinajstić information content (AvgIpc) is 3.32. The van der Waals surface area contributed by atoms with Crippen LogP contribution in [0.15, 0.2) is 40.1 Å².